The molecule has 0 aliphatic carbocycles. The van der Waals surface area contributed by atoms with E-state index in [2.05, 4.69) is 22.4 Å². The smallest absolute Gasteiger partial charge is 0.322 e. The molecule has 0 unspecified atom stereocenters. The first kappa shape index (κ1) is 21.4. The van der Waals surface area contributed by atoms with Gasteiger partial charge in [-0.25, -0.2) is 8.42 Å². The molecule has 0 saturated carbocycles. The van der Waals surface area contributed by atoms with Crippen LogP contribution in [0.5, 0.6) is 11.5 Å². The van der Waals surface area contributed by atoms with E-state index >= 15 is 0 Å². The minimum atomic E-state index is -3.58. The lowest BCUT2D eigenvalue weighted by atomic mass is 10.0. The van der Waals surface area contributed by atoms with E-state index in [0.29, 0.717) is 36.1 Å². The lowest BCUT2D eigenvalue weighted by Gasteiger charge is -2.29. The molecule has 172 valence electrons. The number of ether oxygens (including phenoxy) is 2. The zero-order valence-corrected chi connectivity index (χ0v) is 18.7. The molecule has 1 saturated heterocycles. The molecule has 5 rings (SSSR count). The Kier molecular flexibility index (Phi) is 5.51. The first-order chi connectivity index (χ1) is 15.9. The molecule has 2 aromatic carbocycles. The molecule has 1 amide bonds. The molecule has 10 nitrogen and oxygen atoms in total. The van der Waals surface area contributed by atoms with E-state index in [1.54, 1.807) is 18.2 Å². The summed E-state index contributed by atoms with van der Waals surface area (Å²) in [6, 6.07) is 10.9. The van der Waals surface area contributed by atoms with Gasteiger partial charge in [-0.1, -0.05) is 12.0 Å². The van der Waals surface area contributed by atoms with Crippen LogP contribution in [0.15, 0.2) is 51.8 Å². The summed E-state index contributed by atoms with van der Waals surface area (Å²) in [6.45, 7) is 3.29. The lowest BCUT2D eigenvalue weighted by Crippen LogP contribution is -2.37. The lowest BCUT2D eigenvalue weighted by molar-refractivity contribution is 0.102. The van der Waals surface area contributed by atoms with Gasteiger partial charge in [-0.3, -0.25) is 10.1 Å². The Morgan fingerprint density at radius 1 is 1.03 bits per heavy atom. The predicted octanol–water partition coefficient (Wildman–Crippen LogP) is 3.14. The summed E-state index contributed by atoms with van der Waals surface area (Å²) in [4.78, 5) is 12.7. The van der Waals surface area contributed by atoms with Crippen LogP contribution in [-0.4, -0.2) is 48.7 Å². The summed E-state index contributed by atoms with van der Waals surface area (Å²) < 4.78 is 43.3. The predicted molar refractivity (Wildman–Crippen MR) is 117 cm³/mol. The Morgan fingerprint density at radius 3 is 2.52 bits per heavy atom. The number of benzene rings is 2. The Bertz CT molecular complexity index is 1280. The largest absolute Gasteiger partial charge is 0.454 e. The van der Waals surface area contributed by atoms with Crippen LogP contribution in [0.2, 0.25) is 0 Å². The average molecular weight is 471 g/mol. The molecule has 3 aromatic rings. The number of carbonyl (C=O) groups excluding carboxylic acids is 1. The molecule has 0 atom stereocenters. The highest BCUT2D eigenvalue weighted by molar-refractivity contribution is 7.89. The molecule has 3 heterocycles. The standard InChI is InChI=1S/C22H22N4O6S/c1-14-8-10-26(11-9-14)33(28,29)17-5-2-15(3-6-17)20(27)23-22-25-24-21(32-22)16-4-7-18-19(12-16)31-13-30-18/h2-7,12,14H,8-11,13H2,1H3,(H,23,25,27). The summed E-state index contributed by atoms with van der Waals surface area (Å²) >= 11 is 0. The molecule has 1 N–H and O–H groups in total. The van der Waals surface area contributed by atoms with Crippen LogP contribution < -0.4 is 14.8 Å². The van der Waals surface area contributed by atoms with Crippen molar-refractivity contribution >= 4 is 21.9 Å². The zero-order chi connectivity index (χ0) is 23.0. The number of nitrogens with one attached hydrogen (secondary N) is 1. The fraction of sp³-hybridized carbons (Fsp3) is 0.318. The molecule has 2 aliphatic rings. The van der Waals surface area contributed by atoms with E-state index < -0.39 is 15.9 Å². The van der Waals surface area contributed by atoms with Crippen LogP contribution in [0, 0.1) is 5.92 Å². The number of amides is 1. The molecular formula is C22H22N4O6S. The molecule has 0 bridgehead atoms. The van der Waals surface area contributed by atoms with Gasteiger partial charge in [0.25, 0.3) is 5.91 Å². The van der Waals surface area contributed by atoms with E-state index in [4.69, 9.17) is 13.9 Å². The molecule has 33 heavy (non-hydrogen) atoms. The highest BCUT2D eigenvalue weighted by atomic mass is 32.2. The first-order valence-electron chi connectivity index (χ1n) is 10.6. The van der Waals surface area contributed by atoms with E-state index in [1.807, 2.05) is 0 Å². The van der Waals surface area contributed by atoms with Crippen molar-refractivity contribution in [3.05, 3.63) is 48.0 Å². The maximum absolute atomic E-state index is 12.8. The highest BCUT2D eigenvalue weighted by Gasteiger charge is 2.28. The van der Waals surface area contributed by atoms with Crippen LogP contribution in [0.1, 0.15) is 30.1 Å². The van der Waals surface area contributed by atoms with Crippen molar-refractivity contribution in [2.75, 3.05) is 25.2 Å². The number of aromatic nitrogens is 2. The minimum absolute atomic E-state index is 0.0770. The maximum Gasteiger partial charge on any atom is 0.322 e. The van der Waals surface area contributed by atoms with Crippen molar-refractivity contribution in [3.63, 3.8) is 0 Å². The van der Waals surface area contributed by atoms with Crippen LogP contribution >= 0.6 is 0 Å². The first-order valence-corrected chi connectivity index (χ1v) is 12.0. The number of anilines is 1. The van der Waals surface area contributed by atoms with Gasteiger partial charge in [0.05, 0.1) is 4.90 Å². The number of hydrogen-bond acceptors (Lipinski definition) is 8. The van der Waals surface area contributed by atoms with Crippen molar-refractivity contribution in [1.82, 2.24) is 14.5 Å². The Labute approximate surface area is 190 Å². The van der Waals surface area contributed by atoms with Crippen molar-refractivity contribution in [1.29, 1.82) is 0 Å². The number of nitrogens with zero attached hydrogens (tertiary/aromatic N) is 3. The second-order valence-electron chi connectivity index (χ2n) is 8.05. The highest BCUT2D eigenvalue weighted by Crippen LogP contribution is 2.35. The third kappa shape index (κ3) is 4.29. The van der Waals surface area contributed by atoms with Crippen molar-refractivity contribution in [2.24, 2.45) is 5.92 Å². The molecule has 2 aliphatic heterocycles. The number of hydrogen-bond donors (Lipinski definition) is 1. The van der Waals surface area contributed by atoms with Crippen molar-refractivity contribution in [2.45, 2.75) is 24.7 Å². The molecular weight excluding hydrogens is 448 g/mol. The van der Waals surface area contributed by atoms with E-state index in [0.717, 1.165) is 12.8 Å². The quantitative estimate of drug-likeness (QED) is 0.603. The van der Waals surface area contributed by atoms with Crippen molar-refractivity contribution < 1.29 is 27.1 Å². The number of fused-ring (bicyclic) bond motifs is 1. The fourth-order valence-electron chi connectivity index (χ4n) is 3.74. The number of carbonyl (C=O) groups is 1. The molecule has 0 spiro atoms. The minimum Gasteiger partial charge on any atom is -0.454 e. The maximum atomic E-state index is 12.8. The van der Waals surface area contributed by atoms with Crippen LogP contribution in [0.25, 0.3) is 11.5 Å². The summed E-state index contributed by atoms with van der Waals surface area (Å²) in [6.07, 6.45) is 1.69. The van der Waals surface area contributed by atoms with Crippen LogP contribution in [0.4, 0.5) is 6.01 Å². The van der Waals surface area contributed by atoms with Gasteiger partial charge in [0.1, 0.15) is 0 Å². The summed E-state index contributed by atoms with van der Waals surface area (Å²) in [5, 5.41) is 10.3. The molecule has 11 heteroatoms. The second kappa shape index (κ2) is 8.49. The fourth-order valence-corrected chi connectivity index (χ4v) is 5.21. The second-order valence-corrected chi connectivity index (χ2v) is 9.98. The van der Waals surface area contributed by atoms with E-state index in [1.165, 1.54) is 28.6 Å². The van der Waals surface area contributed by atoms with E-state index in [-0.39, 0.29) is 29.2 Å². The van der Waals surface area contributed by atoms with Gasteiger partial charge in [0.15, 0.2) is 11.5 Å². The number of piperidine rings is 1. The topological polar surface area (TPSA) is 124 Å². The molecule has 1 fully saturated rings. The zero-order valence-electron chi connectivity index (χ0n) is 17.9. The van der Waals surface area contributed by atoms with Gasteiger partial charge in [0.2, 0.25) is 22.7 Å². The van der Waals surface area contributed by atoms with Gasteiger partial charge < -0.3 is 13.9 Å². The SMILES string of the molecule is CC1CCN(S(=O)(=O)c2ccc(C(=O)Nc3nnc(-c4ccc5c(c4)OCO5)o3)cc2)CC1. The van der Waals surface area contributed by atoms with Gasteiger partial charge in [-0.15, -0.1) is 5.10 Å². The van der Waals surface area contributed by atoms with Crippen LogP contribution in [0.3, 0.4) is 0 Å². The number of rotatable bonds is 5. The van der Waals surface area contributed by atoms with Crippen molar-refractivity contribution in [3.8, 4) is 23.0 Å². The van der Waals surface area contributed by atoms with E-state index in [9.17, 15) is 13.2 Å². The van der Waals surface area contributed by atoms with Gasteiger partial charge >= 0.3 is 6.01 Å². The molecule has 0 radical (unpaired) electrons. The summed E-state index contributed by atoms with van der Waals surface area (Å²) in [5.41, 5.74) is 0.887. The number of sulfonamides is 1. The normalized spacial score (nSPS) is 16.6. The monoisotopic (exact) mass is 470 g/mol. The van der Waals surface area contributed by atoms with Crippen LogP contribution in [-0.2, 0) is 10.0 Å². The average Bonchev–Trinajstić information content (AvgIpc) is 3.48. The van der Waals surface area contributed by atoms with Gasteiger partial charge in [0, 0.05) is 24.2 Å². The Morgan fingerprint density at radius 2 is 1.76 bits per heavy atom. The summed E-state index contributed by atoms with van der Waals surface area (Å²) in [5.74, 6) is 1.45. The van der Waals surface area contributed by atoms with Gasteiger partial charge in [-0.05, 0) is 61.2 Å². The Hall–Kier alpha value is -3.44. The van der Waals surface area contributed by atoms with Gasteiger partial charge in [-0.2, -0.15) is 4.31 Å². The Balaban J connectivity index is 1.26. The molecule has 1 aromatic heterocycles. The third-order valence-corrected chi connectivity index (χ3v) is 7.67. The summed E-state index contributed by atoms with van der Waals surface area (Å²) in [7, 11) is -3.58. The third-order valence-electron chi connectivity index (χ3n) is 5.76.